The van der Waals surface area contributed by atoms with Gasteiger partial charge in [-0.3, -0.25) is 0 Å². The van der Waals surface area contributed by atoms with Gasteiger partial charge in [-0.15, -0.1) is 11.3 Å². The summed E-state index contributed by atoms with van der Waals surface area (Å²) in [6.07, 6.45) is 0. The summed E-state index contributed by atoms with van der Waals surface area (Å²) in [6, 6.07) is 6.27. The number of aryl methyl sites for hydroxylation is 2. The number of anilines is 1. The summed E-state index contributed by atoms with van der Waals surface area (Å²) in [7, 11) is 1.71. The van der Waals surface area contributed by atoms with Crippen LogP contribution >= 0.6 is 11.3 Å². The van der Waals surface area contributed by atoms with E-state index in [0.717, 1.165) is 48.3 Å². The fourth-order valence-electron chi connectivity index (χ4n) is 2.67. The van der Waals surface area contributed by atoms with Crippen LogP contribution in [-0.2, 0) is 0 Å². The molecule has 0 unspecified atom stereocenters. The number of nitrogens with one attached hydrogen (secondary N) is 1. The van der Waals surface area contributed by atoms with Crippen molar-refractivity contribution in [1.82, 2.24) is 10.3 Å². The fraction of sp³-hybridized carbons (Fsp3) is 0.438. The lowest BCUT2D eigenvalue weighted by atomic mass is 10.1. The van der Waals surface area contributed by atoms with E-state index in [1.807, 2.05) is 6.07 Å². The van der Waals surface area contributed by atoms with Gasteiger partial charge in [-0.1, -0.05) is 0 Å². The van der Waals surface area contributed by atoms with Crippen molar-refractivity contribution < 1.29 is 4.74 Å². The molecule has 0 bridgehead atoms. The number of nitrogens with zero attached hydrogens (tertiary/aromatic N) is 2. The number of methoxy groups -OCH3 is 1. The van der Waals surface area contributed by atoms with E-state index in [1.165, 1.54) is 10.4 Å². The van der Waals surface area contributed by atoms with Crippen LogP contribution in [0.3, 0.4) is 0 Å². The molecule has 2 aromatic rings. The Labute approximate surface area is 129 Å². The topological polar surface area (TPSA) is 37.4 Å². The number of thiazole rings is 1. The van der Waals surface area contributed by atoms with E-state index in [2.05, 4.69) is 36.2 Å². The van der Waals surface area contributed by atoms with Gasteiger partial charge in [0.2, 0.25) is 0 Å². The van der Waals surface area contributed by atoms with Crippen LogP contribution in [0.15, 0.2) is 18.2 Å². The minimum atomic E-state index is 0.925. The van der Waals surface area contributed by atoms with Crippen molar-refractivity contribution in [2.75, 3.05) is 38.2 Å². The number of rotatable bonds is 3. The first-order chi connectivity index (χ1) is 10.2. The zero-order valence-electron chi connectivity index (χ0n) is 12.8. The van der Waals surface area contributed by atoms with Crippen LogP contribution in [0.5, 0.6) is 5.75 Å². The van der Waals surface area contributed by atoms with Gasteiger partial charge in [0.15, 0.2) is 5.13 Å². The van der Waals surface area contributed by atoms with E-state index < -0.39 is 0 Å². The molecular formula is C16H21N3OS. The van der Waals surface area contributed by atoms with E-state index in [0.29, 0.717) is 0 Å². The van der Waals surface area contributed by atoms with Crippen molar-refractivity contribution in [2.24, 2.45) is 0 Å². The van der Waals surface area contributed by atoms with Gasteiger partial charge in [0.1, 0.15) is 5.75 Å². The van der Waals surface area contributed by atoms with Crippen LogP contribution < -0.4 is 15.0 Å². The number of benzene rings is 1. The van der Waals surface area contributed by atoms with Crippen LogP contribution in [0.1, 0.15) is 10.4 Å². The first kappa shape index (κ1) is 14.4. The third-order valence-corrected chi connectivity index (χ3v) is 4.87. The zero-order chi connectivity index (χ0) is 14.8. The maximum absolute atomic E-state index is 5.33. The number of hydrogen-bond acceptors (Lipinski definition) is 5. The maximum Gasteiger partial charge on any atom is 0.186 e. The summed E-state index contributed by atoms with van der Waals surface area (Å²) in [5.41, 5.74) is 3.41. The molecule has 2 heterocycles. The number of hydrogen-bond donors (Lipinski definition) is 1. The molecule has 0 atom stereocenters. The second-order valence-corrected chi connectivity index (χ2v) is 6.50. The molecule has 1 saturated heterocycles. The summed E-state index contributed by atoms with van der Waals surface area (Å²) in [5.74, 6) is 0.925. The Kier molecular flexibility index (Phi) is 4.12. The summed E-state index contributed by atoms with van der Waals surface area (Å²) < 4.78 is 5.33. The monoisotopic (exact) mass is 303 g/mol. The van der Waals surface area contributed by atoms with Crippen molar-refractivity contribution in [3.05, 3.63) is 28.6 Å². The quantitative estimate of drug-likeness (QED) is 0.946. The maximum atomic E-state index is 5.33. The molecule has 1 N–H and O–H groups in total. The molecule has 1 aromatic heterocycles. The third kappa shape index (κ3) is 2.89. The molecule has 0 aliphatic carbocycles. The van der Waals surface area contributed by atoms with E-state index in [9.17, 15) is 0 Å². The van der Waals surface area contributed by atoms with Gasteiger partial charge < -0.3 is 15.0 Å². The predicted molar refractivity (Wildman–Crippen MR) is 88.7 cm³/mol. The first-order valence-corrected chi connectivity index (χ1v) is 8.09. The Balaban J connectivity index is 1.91. The van der Waals surface area contributed by atoms with Crippen molar-refractivity contribution in [2.45, 2.75) is 13.8 Å². The molecule has 0 radical (unpaired) electrons. The second kappa shape index (κ2) is 6.03. The van der Waals surface area contributed by atoms with Gasteiger partial charge in [0.05, 0.1) is 12.8 Å². The average molecular weight is 303 g/mol. The largest absolute Gasteiger partial charge is 0.496 e. The molecule has 21 heavy (non-hydrogen) atoms. The highest BCUT2D eigenvalue weighted by atomic mass is 32.1. The minimum absolute atomic E-state index is 0.925. The van der Waals surface area contributed by atoms with Gasteiger partial charge in [-0.05, 0) is 37.6 Å². The van der Waals surface area contributed by atoms with E-state index in [1.54, 1.807) is 18.4 Å². The first-order valence-electron chi connectivity index (χ1n) is 7.27. The molecule has 1 fully saturated rings. The standard InChI is InChI=1S/C16H21N3OS/c1-11-10-13(4-5-14(11)20-3)15-12(2)21-16(18-15)19-8-6-17-7-9-19/h4-5,10,17H,6-9H2,1-3H3. The molecule has 0 saturated carbocycles. The lowest BCUT2D eigenvalue weighted by molar-refractivity contribution is 0.412. The van der Waals surface area contributed by atoms with Crippen LogP contribution in [0.25, 0.3) is 11.3 Å². The SMILES string of the molecule is COc1ccc(-c2nc(N3CCNCC3)sc2C)cc1C. The minimum Gasteiger partial charge on any atom is -0.496 e. The Morgan fingerprint density at radius 3 is 2.67 bits per heavy atom. The van der Waals surface area contributed by atoms with E-state index >= 15 is 0 Å². The second-order valence-electron chi connectivity index (χ2n) is 5.32. The molecule has 5 heteroatoms. The number of ether oxygens (including phenoxy) is 1. The van der Waals surface area contributed by atoms with Gasteiger partial charge >= 0.3 is 0 Å². The Morgan fingerprint density at radius 2 is 2.00 bits per heavy atom. The third-order valence-electron chi connectivity index (χ3n) is 3.84. The molecule has 0 spiro atoms. The fourth-order valence-corrected chi connectivity index (χ4v) is 3.65. The zero-order valence-corrected chi connectivity index (χ0v) is 13.6. The molecular weight excluding hydrogens is 282 g/mol. The van der Waals surface area contributed by atoms with Crippen molar-refractivity contribution in [3.63, 3.8) is 0 Å². The molecule has 1 aromatic carbocycles. The van der Waals surface area contributed by atoms with Crippen molar-refractivity contribution in [3.8, 4) is 17.0 Å². The molecule has 1 aliphatic rings. The van der Waals surface area contributed by atoms with Gasteiger partial charge in [0.25, 0.3) is 0 Å². The summed E-state index contributed by atoms with van der Waals surface area (Å²) in [5, 5.41) is 4.52. The lowest BCUT2D eigenvalue weighted by Gasteiger charge is -2.26. The highest BCUT2D eigenvalue weighted by molar-refractivity contribution is 7.16. The van der Waals surface area contributed by atoms with Crippen molar-refractivity contribution in [1.29, 1.82) is 0 Å². The normalized spacial score (nSPS) is 15.3. The summed E-state index contributed by atoms with van der Waals surface area (Å²) in [4.78, 5) is 8.52. The van der Waals surface area contributed by atoms with E-state index in [4.69, 9.17) is 9.72 Å². The van der Waals surface area contributed by atoms with Crippen LogP contribution in [-0.4, -0.2) is 38.3 Å². The summed E-state index contributed by atoms with van der Waals surface area (Å²) in [6.45, 7) is 8.37. The Bertz CT molecular complexity index is 632. The van der Waals surface area contributed by atoms with Crippen LogP contribution in [0.2, 0.25) is 0 Å². The van der Waals surface area contributed by atoms with Gasteiger partial charge in [0, 0.05) is 36.6 Å². The Morgan fingerprint density at radius 1 is 1.24 bits per heavy atom. The molecule has 0 amide bonds. The summed E-state index contributed by atoms with van der Waals surface area (Å²) >= 11 is 1.79. The Hall–Kier alpha value is -1.59. The van der Waals surface area contributed by atoms with Crippen molar-refractivity contribution >= 4 is 16.5 Å². The average Bonchev–Trinajstić information content (AvgIpc) is 2.90. The van der Waals surface area contributed by atoms with Gasteiger partial charge in [-0.25, -0.2) is 4.98 Å². The molecule has 112 valence electrons. The van der Waals surface area contributed by atoms with E-state index in [-0.39, 0.29) is 0 Å². The van der Waals surface area contributed by atoms with Crippen LogP contribution in [0.4, 0.5) is 5.13 Å². The smallest absolute Gasteiger partial charge is 0.186 e. The lowest BCUT2D eigenvalue weighted by Crippen LogP contribution is -2.43. The number of piperazine rings is 1. The molecule has 3 rings (SSSR count). The number of aromatic nitrogens is 1. The molecule has 4 nitrogen and oxygen atoms in total. The highest BCUT2D eigenvalue weighted by Gasteiger charge is 2.17. The predicted octanol–water partition coefficient (Wildman–Crippen LogP) is 2.85. The highest BCUT2D eigenvalue weighted by Crippen LogP contribution is 2.34. The molecule has 1 aliphatic heterocycles. The van der Waals surface area contributed by atoms with Crippen LogP contribution in [0, 0.1) is 13.8 Å². The van der Waals surface area contributed by atoms with Gasteiger partial charge in [-0.2, -0.15) is 0 Å².